The van der Waals surface area contributed by atoms with Gasteiger partial charge in [-0.1, -0.05) is 30.3 Å². The fourth-order valence-electron chi connectivity index (χ4n) is 3.44. The van der Waals surface area contributed by atoms with E-state index in [2.05, 4.69) is 10.2 Å². The molecule has 0 amide bonds. The summed E-state index contributed by atoms with van der Waals surface area (Å²) in [7, 11) is 3.09. The first-order valence-corrected chi connectivity index (χ1v) is 11.6. The first kappa shape index (κ1) is 24.2. The van der Waals surface area contributed by atoms with E-state index in [4.69, 9.17) is 18.6 Å². The second kappa shape index (κ2) is 10.5. The van der Waals surface area contributed by atoms with Crippen LogP contribution in [0.25, 0.3) is 28.3 Å². The molecular weight excluding hydrogens is 468 g/mol. The second-order valence-electron chi connectivity index (χ2n) is 7.76. The SMILES string of the molecule is COc1cc(OC)cc(-c2nnc(S/C(=C\c3c(OC(C)C)ccc4ccccc34)C(=O)O)o2)c1. The average Bonchev–Trinajstić information content (AvgIpc) is 3.32. The van der Waals surface area contributed by atoms with Gasteiger partial charge in [-0.05, 0) is 60.7 Å². The van der Waals surface area contributed by atoms with Gasteiger partial charge >= 0.3 is 5.97 Å². The van der Waals surface area contributed by atoms with Crippen molar-refractivity contribution in [2.24, 2.45) is 0 Å². The Balaban J connectivity index is 1.72. The minimum atomic E-state index is -1.12. The Morgan fingerprint density at radius 3 is 2.40 bits per heavy atom. The normalized spacial score (nSPS) is 11.6. The summed E-state index contributed by atoms with van der Waals surface area (Å²) in [5.74, 6) is 0.801. The molecule has 0 bridgehead atoms. The lowest BCUT2D eigenvalue weighted by Gasteiger charge is -2.15. The summed E-state index contributed by atoms with van der Waals surface area (Å²) in [6.45, 7) is 3.84. The molecule has 3 aromatic carbocycles. The lowest BCUT2D eigenvalue weighted by atomic mass is 10.0. The van der Waals surface area contributed by atoms with E-state index < -0.39 is 5.97 Å². The van der Waals surface area contributed by atoms with E-state index in [9.17, 15) is 9.90 Å². The van der Waals surface area contributed by atoms with Crippen LogP contribution in [0, 0.1) is 0 Å². The molecule has 0 fully saturated rings. The largest absolute Gasteiger partial charge is 0.497 e. The molecule has 0 aliphatic heterocycles. The Morgan fingerprint density at radius 1 is 1.03 bits per heavy atom. The molecule has 0 spiro atoms. The number of carboxylic acids is 1. The first-order chi connectivity index (χ1) is 16.9. The van der Waals surface area contributed by atoms with E-state index in [1.807, 2.05) is 50.2 Å². The monoisotopic (exact) mass is 492 g/mol. The highest BCUT2D eigenvalue weighted by Crippen LogP contribution is 2.36. The molecule has 9 heteroatoms. The molecule has 8 nitrogen and oxygen atoms in total. The van der Waals surface area contributed by atoms with Crippen LogP contribution in [0.4, 0.5) is 0 Å². The van der Waals surface area contributed by atoms with E-state index in [1.54, 1.807) is 38.5 Å². The van der Waals surface area contributed by atoms with Crippen LogP contribution in [0.15, 0.2) is 69.1 Å². The molecule has 180 valence electrons. The summed E-state index contributed by atoms with van der Waals surface area (Å²) in [5.41, 5.74) is 1.25. The molecule has 4 aromatic rings. The quantitative estimate of drug-likeness (QED) is 0.225. The third-order valence-electron chi connectivity index (χ3n) is 4.98. The molecule has 0 unspecified atom stereocenters. The van der Waals surface area contributed by atoms with Crippen LogP contribution >= 0.6 is 11.8 Å². The van der Waals surface area contributed by atoms with Crippen molar-refractivity contribution < 1.29 is 28.5 Å². The minimum Gasteiger partial charge on any atom is -0.497 e. The third-order valence-corrected chi connectivity index (χ3v) is 5.83. The Bertz CT molecular complexity index is 1370. The predicted molar refractivity (Wildman–Crippen MR) is 134 cm³/mol. The number of hydrogen-bond donors (Lipinski definition) is 1. The van der Waals surface area contributed by atoms with Gasteiger partial charge in [0.25, 0.3) is 5.22 Å². The molecule has 4 rings (SSSR count). The summed E-state index contributed by atoms with van der Waals surface area (Å²) >= 11 is 0.866. The molecule has 35 heavy (non-hydrogen) atoms. The highest BCUT2D eigenvalue weighted by atomic mass is 32.2. The van der Waals surface area contributed by atoms with Gasteiger partial charge in [-0.15, -0.1) is 10.2 Å². The van der Waals surface area contributed by atoms with Gasteiger partial charge in [-0.2, -0.15) is 0 Å². The van der Waals surface area contributed by atoms with Gasteiger partial charge in [-0.25, -0.2) is 4.79 Å². The number of ether oxygens (including phenoxy) is 3. The number of thioether (sulfide) groups is 1. The van der Waals surface area contributed by atoms with E-state index in [-0.39, 0.29) is 22.1 Å². The van der Waals surface area contributed by atoms with Gasteiger partial charge in [0.2, 0.25) is 5.89 Å². The van der Waals surface area contributed by atoms with Gasteiger partial charge in [0, 0.05) is 17.2 Å². The minimum absolute atomic E-state index is 0.00776. The van der Waals surface area contributed by atoms with Crippen molar-refractivity contribution in [1.29, 1.82) is 0 Å². The molecule has 0 saturated carbocycles. The lowest BCUT2D eigenvalue weighted by Crippen LogP contribution is -2.07. The summed E-state index contributed by atoms with van der Waals surface area (Å²) < 4.78 is 22.3. The second-order valence-corrected chi connectivity index (χ2v) is 8.75. The highest BCUT2D eigenvalue weighted by Gasteiger charge is 2.19. The smallest absolute Gasteiger partial charge is 0.342 e. The fourth-order valence-corrected chi connectivity index (χ4v) is 4.09. The van der Waals surface area contributed by atoms with Crippen LogP contribution in [0.2, 0.25) is 0 Å². The van der Waals surface area contributed by atoms with Gasteiger partial charge in [0.15, 0.2) is 0 Å². The van der Waals surface area contributed by atoms with E-state index in [0.29, 0.717) is 28.4 Å². The van der Waals surface area contributed by atoms with Crippen molar-refractivity contribution in [3.05, 3.63) is 65.1 Å². The van der Waals surface area contributed by atoms with Gasteiger partial charge in [0.1, 0.15) is 22.2 Å². The fraction of sp³-hybridized carbons (Fsp3) is 0.192. The molecule has 0 radical (unpaired) electrons. The van der Waals surface area contributed by atoms with Crippen LogP contribution in [0.5, 0.6) is 17.2 Å². The summed E-state index contributed by atoms with van der Waals surface area (Å²) in [4.78, 5) is 12.2. The van der Waals surface area contributed by atoms with Gasteiger partial charge in [0.05, 0.1) is 20.3 Å². The molecular formula is C26H24N2O6S. The van der Waals surface area contributed by atoms with Crippen LogP contribution < -0.4 is 14.2 Å². The lowest BCUT2D eigenvalue weighted by molar-refractivity contribution is -0.131. The number of carboxylic acid groups (broad SMARTS) is 1. The summed E-state index contributed by atoms with van der Waals surface area (Å²) in [6.07, 6.45) is 1.49. The van der Waals surface area contributed by atoms with E-state index in [0.717, 1.165) is 22.5 Å². The third kappa shape index (κ3) is 5.58. The Morgan fingerprint density at radius 2 is 1.74 bits per heavy atom. The van der Waals surface area contributed by atoms with Crippen molar-refractivity contribution in [2.75, 3.05) is 14.2 Å². The molecule has 1 N–H and O–H groups in total. The van der Waals surface area contributed by atoms with Crippen LogP contribution in [0.1, 0.15) is 19.4 Å². The van der Waals surface area contributed by atoms with Crippen LogP contribution in [-0.2, 0) is 4.79 Å². The van der Waals surface area contributed by atoms with Gasteiger partial charge in [-0.3, -0.25) is 0 Å². The van der Waals surface area contributed by atoms with Gasteiger partial charge < -0.3 is 23.7 Å². The zero-order valence-corrected chi connectivity index (χ0v) is 20.5. The standard InChI is InChI=1S/C26H24N2O6S/c1-15(2)33-22-10-9-16-7-5-6-8-20(16)21(22)14-23(25(29)30)35-26-28-27-24(34-26)17-11-18(31-3)13-19(12-17)32-4/h5-15H,1-4H3,(H,29,30)/b23-14-. The topological polar surface area (TPSA) is 104 Å². The number of hydrogen-bond acceptors (Lipinski definition) is 8. The highest BCUT2D eigenvalue weighted by molar-refractivity contribution is 8.03. The average molecular weight is 493 g/mol. The maximum atomic E-state index is 12.2. The van der Waals surface area contributed by atoms with Crippen molar-refractivity contribution in [3.8, 4) is 28.7 Å². The van der Waals surface area contributed by atoms with Crippen molar-refractivity contribution in [2.45, 2.75) is 25.2 Å². The summed E-state index contributed by atoms with van der Waals surface area (Å²) in [6, 6.07) is 16.7. The predicted octanol–water partition coefficient (Wildman–Crippen LogP) is 5.91. The maximum Gasteiger partial charge on any atom is 0.342 e. The summed E-state index contributed by atoms with van der Waals surface area (Å²) in [5, 5.41) is 20.0. The Labute approximate surface area is 206 Å². The molecule has 0 aliphatic carbocycles. The zero-order valence-electron chi connectivity index (χ0n) is 19.6. The first-order valence-electron chi connectivity index (χ1n) is 10.8. The number of aliphatic carboxylic acids is 1. The Hall–Kier alpha value is -3.98. The number of methoxy groups -OCH3 is 2. The van der Waals surface area contributed by atoms with Crippen molar-refractivity contribution in [3.63, 3.8) is 0 Å². The van der Waals surface area contributed by atoms with Crippen LogP contribution in [0.3, 0.4) is 0 Å². The Kier molecular flexibility index (Phi) is 7.26. The molecule has 0 saturated heterocycles. The maximum absolute atomic E-state index is 12.2. The molecule has 0 atom stereocenters. The number of fused-ring (bicyclic) bond motifs is 1. The molecule has 0 aliphatic rings. The zero-order chi connectivity index (χ0) is 24.9. The molecule has 1 aromatic heterocycles. The van der Waals surface area contributed by atoms with Crippen LogP contribution in [-0.4, -0.2) is 41.6 Å². The number of carbonyl (C=O) groups is 1. The number of aromatic nitrogens is 2. The number of nitrogens with zero attached hydrogens (tertiary/aromatic N) is 2. The van der Waals surface area contributed by atoms with E-state index >= 15 is 0 Å². The van der Waals surface area contributed by atoms with E-state index in [1.165, 1.54) is 0 Å². The molecule has 1 heterocycles. The van der Waals surface area contributed by atoms with Crippen molar-refractivity contribution >= 4 is 34.6 Å². The van der Waals surface area contributed by atoms with Crippen molar-refractivity contribution in [1.82, 2.24) is 10.2 Å². The number of benzene rings is 3. The number of rotatable bonds is 9.